The van der Waals surface area contributed by atoms with Gasteiger partial charge >= 0.3 is 0 Å². The van der Waals surface area contributed by atoms with E-state index >= 15 is 0 Å². The smallest absolute Gasteiger partial charge is 0.259 e. The topological polar surface area (TPSA) is 76.0 Å². The first-order chi connectivity index (χ1) is 10.4. The monoisotopic (exact) mass is 300 g/mol. The highest BCUT2D eigenvalue weighted by atomic mass is 16.2. The van der Waals surface area contributed by atoms with Gasteiger partial charge in [-0.3, -0.25) is 14.3 Å². The maximum atomic E-state index is 12.4. The maximum absolute atomic E-state index is 12.4. The van der Waals surface area contributed by atoms with Crippen LogP contribution in [0.4, 0.5) is 11.4 Å². The Balaban J connectivity index is 2.18. The Morgan fingerprint density at radius 3 is 2.36 bits per heavy atom. The average molecular weight is 300 g/mol. The molecule has 0 aliphatic rings. The van der Waals surface area contributed by atoms with Gasteiger partial charge in [-0.1, -0.05) is 13.0 Å². The van der Waals surface area contributed by atoms with Gasteiger partial charge in [0.1, 0.15) is 0 Å². The van der Waals surface area contributed by atoms with Gasteiger partial charge in [0.2, 0.25) is 5.91 Å². The summed E-state index contributed by atoms with van der Waals surface area (Å²) in [5.41, 5.74) is 3.36. The van der Waals surface area contributed by atoms with E-state index in [1.807, 2.05) is 6.92 Å². The summed E-state index contributed by atoms with van der Waals surface area (Å²) in [4.78, 5) is 23.8. The van der Waals surface area contributed by atoms with Crippen molar-refractivity contribution in [3.63, 3.8) is 0 Å². The summed E-state index contributed by atoms with van der Waals surface area (Å²) in [7, 11) is 1.81. The Labute approximate surface area is 129 Å². The van der Waals surface area contributed by atoms with Crippen LogP contribution in [0.2, 0.25) is 0 Å². The third-order valence-corrected chi connectivity index (χ3v) is 3.46. The number of hydrogen-bond acceptors (Lipinski definition) is 3. The number of nitrogens with zero attached hydrogens (tertiary/aromatic N) is 2. The fourth-order valence-electron chi connectivity index (χ4n) is 2.22. The molecule has 1 heterocycles. The van der Waals surface area contributed by atoms with Gasteiger partial charge in [-0.15, -0.1) is 0 Å². The molecule has 22 heavy (non-hydrogen) atoms. The van der Waals surface area contributed by atoms with Crippen LogP contribution in [0.1, 0.15) is 35.1 Å². The van der Waals surface area contributed by atoms with E-state index in [0.717, 1.165) is 5.69 Å². The minimum atomic E-state index is -0.206. The zero-order valence-corrected chi connectivity index (χ0v) is 13.2. The second-order valence-corrected chi connectivity index (χ2v) is 5.11. The predicted octanol–water partition coefficient (Wildman–Crippen LogP) is 2.64. The molecule has 116 valence electrons. The lowest BCUT2D eigenvalue weighted by molar-refractivity contribution is -0.115. The molecule has 0 saturated heterocycles. The Morgan fingerprint density at radius 2 is 1.82 bits per heavy atom. The summed E-state index contributed by atoms with van der Waals surface area (Å²) in [6.45, 7) is 5.45. The first-order valence-corrected chi connectivity index (χ1v) is 7.13. The van der Waals surface area contributed by atoms with E-state index < -0.39 is 0 Å². The van der Waals surface area contributed by atoms with Crippen LogP contribution in [0, 0.1) is 13.8 Å². The van der Waals surface area contributed by atoms with E-state index in [1.165, 1.54) is 0 Å². The highest BCUT2D eigenvalue weighted by molar-refractivity contribution is 6.06. The van der Waals surface area contributed by atoms with Gasteiger partial charge in [0.15, 0.2) is 0 Å². The molecule has 2 rings (SSSR count). The van der Waals surface area contributed by atoms with Gasteiger partial charge in [-0.25, -0.2) is 0 Å². The number of aryl methyl sites for hydroxylation is 2. The van der Waals surface area contributed by atoms with Crippen molar-refractivity contribution in [2.24, 2.45) is 7.05 Å². The van der Waals surface area contributed by atoms with Crippen LogP contribution in [-0.4, -0.2) is 21.6 Å². The number of amides is 2. The third-order valence-electron chi connectivity index (χ3n) is 3.46. The molecule has 0 aliphatic carbocycles. The van der Waals surface area contributed by atoms with Crippen molar-refractivity contribution < 1.29 is 9.59 Å². The summed E-state index contributed by atoms with van der Waals surface area (Å²) in [5.74, 6) is -0.274. The van der Waals surface area contributed by atoms with Crippen LogP contribution >= 0.6 is 0 Å². The van der Waals surface area contributed by atoms with Crippen molar-refractivity contribution in [3.05, 3.63) is 41.2 Å². The molecule has 0 saturated carbocycles. The van der Waals surface area contributed by atoms with Crippen molar-refractivity contribution in [1.82, 2.24) is 9.78 Å². The molecule has 6 heteroatoms. The molecule has 2 amide bonds. The van der Waals surface area contributed by atoms with Gasteiger partial charge < -0.3 is 10.6 Å². The number of aromatic nitrogens is 2. The minimum Gasteiger partial charge on any atom is -0.326 e. The maximum Gasteiger partial charge on any atom is 0.259 e. The van der Waals surface area contributed by atoms with Crippen molar-refractivity contribution in [1.29, 1.82) is 0 Å². The van der Waals surface area contributed by atoms with Crippen LogP contribution < -0.4 is 10.6 Å². The fraction of sp³-hybridized carbons (Fsp3) is 0.312. The van der Waals surface area contributed by atoms with E-state index in [4.69, 9.17) is 0 Å². The number of carbonyl (C=O) groups is 2. The largest absolute Gasteiger partial charge is 0.326 e. The number of nitrogens with one attached hydrogen (secondary N) is 2. The molecular weight excluding hydrogens is 280 g/mol. The Morgan fingerprint density at radius 1 is 1.18 bits per heavy atom. The van der Waals surface area contributed by atoms with E-state index in [-0.39, 0.29) is 11.8 Å². The molecule has 0 aliphatic heterocycles. The van der Waals surface area contributed by atoms with Crippen LogP contribution in [0.25, 0.3) is 0 Å². The second-order valence-electron chi connectivity index (χ2n) is 5.11. The lowest BCUT2D eigenvalue weighted by atomic mass is 10.1. The van der Waals surface area contributed by atoms with Gasteiger partial charge in [0.25, 0.3) is 5.91 Å². The number of hydrogen-bond donors (Lipinski definition) is 2. The normalized spacial score (nSPS) is 10.4. The molecule has 2 N–H and O–H groups in total. The van der Waals surface area contributed by atoms with E-state index in [1.54, 1.807) is 49.8 Å². The standard InChI is InChI=1S/C16H20N4O2/c1-5-14(21)17-12-7-6-8-13(9-12)18-16(22)15-10(2)19-20(4)11(15)3/h6-9H,5H2,1-4H3,(H,17,21)(H,18,22). The molecule has 2 aromatic rings. The summed E-state index contributed by atoms with van der Waals surface area (Å²) in [5, 5.41) is 9.85. The summed E-state index contributed by atoms with van der Waals surface area (Å²) >= 11 is 0. The van der Waals surface area contributed by atoms with Gasteiger partial charge in [0, 0.05) is 30.5 Å². The molecule has 0 bridgehead atoms. The Bertz CT molecular complexity index is 719. The number of carbonyl (C=O) groups excluding carboxylic acids is 2. The second kappa shape index (κ2) is 6.43. The quantitative estimate of drug-likeness (QED) is 0.911. The minimum absolute atomic E-state index is 0.0672. The summed E-state index contributed by atoms with van der Waals surface area (Å²) in [6, 6.07) is 7.07. The highest BCUT2D eigenvalue weighted by Gasteiger charge is 2.17. The van der Waals surface area contributed by atoms with E-state index in [2.05, 4.69) is 15.7 Å². The molecule has 0 unspecified atom stereocenters. The number of rotatable bonds is 4. The first kappa shape index (κ1) is 15.8. The number of benzene rings is 1. The van der Waals surface area contributed by atoms with Crippen molar-refractivity contribution >= 4 is 23.2 Å². The van der Waals surface area contributed by atoms with Crippen LogP contribution in [0.3, 0.4) is 0 Å². The zero-order chi connectivity index (χ0) is 16.3. The fourth-order valence-corrected chi connectivity index (χ4v) is 2.22. The first-order valence-electron chi connectivity index (χ1n) is 7.13. The number of anilines is 2. The SMILES string of the molecule is CCC(=O)Nc1cccc(NC(=O)c2c(C)nn(C)c2C)c1. The Kier molecular flexibility index (Phi) is 4.60. The highest BCUT2D eigenvalue weighted by Crippen LogP contribution is 2.18. The molecule has 1 aromatic heterocycles. The predicted molar refractivity (Wildman–Crippen MR) is 86.0 cm³/mol. The summed E-state index contributed by atoms with van der Waals surface area (Å²) < 4.78 is 1.68. The lowest BCUT2D eigenvalue weighted by Crippen LogP contribution is -2.15. The molecular formula is C16H20N4O2. The molecule has 0 spiro atoms. The molecule has 0 radical (unpaired) electrons. The summed E-state index contributed by atoms with van der Waals surface area (Å²) in [6.07, 6.45) is 0.407. The van der Waals surface area contributed by atoms with E-state index in [0.29, 0.717) is 29.1 Å². The third kappa shape index (κ3) is 3.33. The Hall–Kier alpha value is -2.63. The van der Waals surface area contributed by atoms with Gasteiger partial charge in [-0.05, 0) is 32.0 Å². The molecule has 6 nitrogen and oxygen atoms in total. The van der Waals surface area contributed by atoms with Crippen LogP contribution in [0.15, 0.2) is 24.3 Å². The molecule has 0 fully saturated rings. The van der Waals surface area contributed by atoms with Gasteiger partial charge in [-0.2, -0.15) is 5.10 Å². The molecule has 0 atom stereocenters. The molecule has 1 aromatic carbocycles. The zero-order valence-electron chi connectivity index (χ0n) is 13.2. The van der Waals surface area contributed by atoms with Crippen molar-refractivity contribution in [2.75, 3.05) is 10.6 Å². The van der Waals surface area contributed by atoms with Crippen LogP contribution in [-0.2, 0) is 11.8 Å². The van der Waals surface area contributed by atoms with Crippen molar-refractivity contribution in [3.8, 4) is 0 Å². The lowest BCUT2D eigenvalue weighted by Gasteiger charge is -2.08. The van der Waals surface area contributed by atoms with Crippen molar-refractivity contribution in [2.45, 2.75) is 27.2 Å². The average Bonchev–Trinajstić information content (AvgIpc) is 2.72. The van der Waals surface area contributed by atoms with Gasteiger partial charge in [0.05, 0.1) is 11.3 Å². The van der Waals surface area contributed by atoms with E-state index in [9.17, 15) is 9.59 Å². The van der Waals surface area contributed by atoms with Crippen LogP contribution in [0.5, 0.6) is 0 Å².